The van der Waals surface area contributed by atoms with Gasteiger partial charge < -0.3 is 15.1 Å². The first-order valence-corrected chi connectivity index (χ1v) is 10.2. The second-order valence-electron chi connectivity index (χ2n) is 7.63. The van der Waals surface area contributed by atoms with Crippen LogP contribution in [0.25, 0.3) is 0 Å². The van der Waals surface area contributed by atoms with Crippen LogP contribution < -0.4 is 10.2 Å². The first kappa shape index (κ1) is 20.9. The summed E-state index contributed by atoms with van der Waals surface area (Å²) in [6.45, 7) is 4.08. The molecule has 4 rings (SSSR count). The average Bonchev–Trinajstić information content (AvgIpc) is 3.20. The second kappa shape index (κ2) is 9.61. The number of nitrogens with one attached hydrogen (secondary N) is 2. The molecule has 0 atom stereocenters. The average molecular weight is 424 g/mol. The van der Waals surface area contributed by atoms with Crippen LogP contribution in [0.3, 0.4) is 0 Å². The number of rotatable bonds is 7. The Bertz CT molecular complexity index is 1010. The molecule has 10 heteroatoms. The molecule has 3 aromatic rings. The van der Waals surface area contributed by atoms with E-state index in [2.05, 4.69) is 47.3 Å². The molecule has 2 aromatic heterocycles. The number of carbonyl (C=O) groups excluding carboxylic acids is 1. The van der Waals surface area contributed by atoms with Gasteiger partial charge in [-0.2, -0.15) is 10.1 Å². The number of hydrogen-bond donors (Lipinski definition) is 2. The smallest absolute Gasteiger partial charge is 0.228 e. The summed E-state index contributed by atoms with van der Waals surface area (Å²) in [6, 6.07) is 7.88. The Hall–Kier alpha value is -3.40. The number of H-pyrrole nitrogens is 1. The molecule has 1 aliphatic rings. The Morgan fingerprint density at radius 2 is 1.94 bits per heavy atom. The summed E-state index contributed by atoms with van der Waals surface area (Å²) in [5, 5.41) is 9.98. The maximum absolute atomic E-state index is 12.9. The third-order valence-electron chi connectivity index (χ3n) is 5.17. The lowest BCUT2D eigenvalue weighted by atomic mass is 10.2. The number of halogens is 1. The van der Waals surface area contributed by atoms with Crippen molar-refractivity contribution >= 4 is 11.9 Å². The number of hydrogen-bond acceptors (Lipinski definition) is 7. The number of benzene rings is 1. The van der Waals surface area contributed by atoms with E-state index in [0.717, 1.165) is 37.4 Å². The summed E-state index contributed by atoms with van der Waals surface area (Å²) >= 11 is 0. The van der Waals surface area contributed by atoms with Crippen molar-refractivity contribution in [2.45, 2.75) is 19.4 Å². The van der Waals surface area contributed by atoms with Gasteiger partial charge >= 0.3 is 0 Å². The third-order valence-corrected chi connectivity index (χ3v) is 5.17. The lowest BCUT2D eigenvalue weighted by Gasteiger charge is -2.32. The van der Waals surface area contributed by atoms with Gasteiger partial charge in [0, 0.05) is 44.8 Å². The zero-order valence-corrected chi connectivity index (χ0v) is 17.4. The van der Waals surface area contributed by atoms with E-state index in [1.165, 1.54) is 18.5 Å². The molecule has 1 saturated heterocycles. The highest BCUT2D eigenvalue weighted by molar-refractivity contribution is 5.78. The van der Waals surface area contributed by atoms with Crippen LogP contribution in [0.2, 0.25) is 0 Å². The summed E-state index contributed by atoms with van der Waals surface area (Å²) in [5.74, 6) is 0.894. The Labute approximate surface area is 179 Å². The van der Waals surface area contributed by atoms with E-state index in [9.17, 15) is 9.18 Å². The summed E-state index contributed by atoms with van der Waals surface area (Å²) in [7, 11) is 2.11. The van der Waals surface area contributed by atoms with Crippen molar-refractivity contribution in [3.63, 3.8) is 0 Å². The molecular formula is C21H25FN8O. The predicted molar refractivity (Wildman–Crippen MR) is 113 cm³/mol. The van der Waals surface area contributed by atoms with E-state index in [1.807, 2.05) is 6.07 Å². The van der Waals surface area contributed by atoms with Gasteiger partial charge in [-0.3, -0.25) is 9.89 Å². The Morgan fingerprint density at radius 3 is 2.71 bits per heavy atom. The molecule has 1 aliphatic heterocycles. The highest BCUT2D eigenvalue weighted by Gasteiger charge is 2.17. The zero-order chi connectivity index (χ0) is 21.6. The van der Waals surface area contributed by atoms with E-state index in [-0.39, 0.29) is 18.1 Å². The minimum absolute atomic E-state index is 0.153. The number of aromatic nitrogens is 5. The van der Waals surface area contributed by atoms with Crippen LogP contribution in [-0.2, 0) is 24.2 Å². The minimum Gasteiger partial charge on any atom is -0.352 e. The summed E-state index contributed by atoms with van der Waals surface area (Å²) in [6.07, 6.45) is 2.17. The quantitative estimate of drug-likeness (QED) is 0.582. The fraction of sp³-hybridized carbons (Fsp3) is 0.381. The molecule has 0 unspecified atom stereocenters. The fourth-order valence-electron chi connectivity index (χ4n) is 3.35. The molecule has 9 nitrogen and oxygen atoms in total. The second-order valence-corrected chi connectivity index (χ2v) is 7.63. The van der Waals surface area contributed by atoms with Gasteiger partial charge in [-0.15, -0.1) is 0 Å². The summed E-state index contributed by atoms with van der Waals surface area (Å²) in [4.78, 5) is 29.8. The lowest BCUT2D eigenvalue weighted by molar-refractivity contribution is -0.120. The van der Waals surface area contributed by atoms with E-state index in [0.29, 0.717) is 30.4 Å². The van der Waals surface area contributed by atoms with Crippen LogP contribution >= 0.6 is 0 Å². The monoisotopic (exact) mass is 424 g/mol. The summed E-state index contributed by atoms with van der Waals surface area (Å²) < 4.78 is 12.9. The van der Waals surface area contributed by atoms with Crippen molar-refractivity contribution in [3.8, 4) is 0 Å². The van der Waals surface area contributed by atoms with E-state index in [1.54, 1.807) is 12.1 Å². The van der Waals surface area contributed by atoms with Crippen molar-refractivity contribution in [2.24, 2.45) is 0 Å². The molecule has 31 heavy (non-hydrogen) atoms. The first-order valence-electron chi connectivity index (χ1n) is 10.2. The molecular weight excluding hydrogens is 399 g/mol. The molecule has 2 N–H and O–H groups in total. The number of anilines is 1. The Kier molecular flexibility index (Phi) is 6.46. The van der Waals surface area contributed by atoms with Crippen LogP contribution in [0.5, 0.6) is 0 Å². The number of aromatic amines is 1. The molecule has 0 saturated carbocycles. The van der Waals surface area contributed by atoms with Crippen molar-refractivity contribution in [1.29, 1.82) is 0 Å². The summed E-state index contributed by atoms with van der Waals surface area (Å²) in [5.41, 5.74) is 2.31. The van der Waals surface area contributed by atoms with E-state index in [4.69, 9.17) is 0 Å². The number of piperazine rings is 1. The highest BCUT2D eigenvalue weighted by Crippen LogP contribution is 2.12. The molecule has 1 aromatic carbocycles. The van der Waals surface area contributed by atoms with Gasteiger partial charge in [-0.25, -0.2) is 14.4 Å². The van der Waals surface area contributed by atoms with Crippen LogP contribution in [0.4, 0.5) is 10.3 Å². The van der Waals surface area contributed by atoms with Gasteiger partial charge in [0.05, 0.1) is 12.1 Å². The molecule has 162 valence electrons. The topological polar surface area (TPSA) is 103 Å². The van der Waals surface area contributed by atoms with Crippen LogP contribution in [0.15, 0.2) is 36.7 Å². The van der Waals surface area contributed by atoms with E-state index < -0.39 is 0 Å². The molecule has 0 radical (unpaired) electrons. The van der Waals surface area contributed by atoms with Gasteiger partial charge in [0.1, 0.15) is 18.0 Å². The number of nitrogens with zero attached hydrogens (tertiary/aromatic N) is 6. The van der Waals surface area contributed by atoms with Crippen molar-refractivity contribution in [2.75, 3.05) is 38.1 Å². The van der Waals surface area contributed by atoms with Gasteiger partial charge in [0.2, 0.25) is 11.9 Å². The largest absolute Gasteiger partial charge is 0.352 e. The fourth-order valence-corrected chi connectivity index (χ4v) is 3.35. The predicted octanol–water partition coefficient (Wildman–Crippen LogP) is 0.935. The SMILES string of the molecule is CN1CCN(c2ncnc(Cc3cc(CC(=O)NCc4ccc(F)cc4)n[nH]3)n2)CC1. The van der Waals surface area contributed by atoms with Gasteiger partial charge in [0.25, 0.3) is 0 Å². The van der Waals surface area contributed by atoms with E-state index >= 15 is 0 Å². The molecule has 0 aliphatic carbocycles. The normalized spacial score (nSPS) is 14.6. The minimum atomic E-state index is -0.298. The Morgan fingerprint density at radius 1 is 1.16 bits per heavy atom. The van der Waals surface area contributed by atoms with Gasteiger partial charge in [0.15, 0.2) is 0 Å². The molecule has 1 amide bonds. The third kappa shape index (κ3) is 5.82. The van der Waals surface area contributed by atoms with Crippen molar-refractivity contribution in [1.82, 2.24) is 35.4 Å². The molecule has 0 spiro atoms. The van der Waals surface area contributed by atoms with Crippen LogP contribution in [-0.4, -0.2) is 69.2 Å². The van der Waals surface area contributed by atoms with Crippen LogP contribution in [0, 0.1) is 5.82 Å². The molecule has 1 fully saturated rings. The standard InChI is InChI=1S/C21H25FN8O/c1-29-6-8-30(9-7-29)21-25-14-24-19(26-21)11-17-10-18(28-27-17)12-20(31)23-13-15-2-4-16(22)5-3-15/h2-5,10,14H,6-9,11-13H2,1H3,(H,23,31)(H,27,28). The zero-order valence-electron chi connectivity index (χ0n) is 17.4. The molecule has 3 heterocycles. The molecule has 0 bridgehead atoms. The van der Waals surface area contributed by atoms with Crippen molar-refractivity contribution < 1.29 is 9.18 Å². The number of carbonyl (C=O) groups is 1. The first-order chi connectivity index (χ1) is 15.0. The highest BCUT2D eigenvalue weighted by atomic mass is 19.1. The lowest BCUT2D eigenvalue weighted by Crippen LogP contribution is -2.45. The Balaban J connectivity index is 1.30. The maximum atomic E-state index is 12.9. The van der Waals surface area contributed by atoms with Crippen molar-refractivity contribution in [3.05, 3.63) is 65.3 Å². The van der Waals surface area contributed by atoms with Crippen LogP contribution in [0.1, 0.15) is 22.8 Å². The number of amides is 1. The van der Waals surface area contributed by atoms with Gasteiger partial charge in [-0.1, -0.05) is 12.1 Å². The number of likely N-dealkylation sites (N-methyl/N-ethyl adjacent to an activating group) is 1. The van der Waals surface area contributed by atoms with Gasteiger partial charge in [-0.05, 0) is 30.8 Å². The maximum Gasteiger partial charge on any atom is 0.228 e.